The average Bonchev–Trinajstić information content (AvgIpc) is 2.99. The molecule has 0 radical (unpaired) electrons. The van der Waals surface area contributed by atoms with Crippen molar-refractivity contribution in [2.75, 3.05) is 6.54 Å². The number of ether oxygens (including phenoxy) is 1. The molecule has 0 saturated heterocycles. The number of thiazole rings is 1. The number of nitrogens with two attached hydrogens (primary N) is 1. The second kappa shape index (κ2) is 5.37. The van der Waals surface area contributed by atoms with E-state index in [9.17, 15) is 10.1 Å². The van der Waals surface area contributed by atoms with Crippen LogP contribution < -0.4 is 10.5 Å². The number of aromatic nitrogens is 2. The number of imidazole rings is 1. The maximum atomic E-state index is 11.2. The van der Waals surface area contributed by atoms with E-state index < -0.39 is 4.92 Å². The number of nitrogens with zero attached hydrogens (tertiary/aromatic N) is 3. The van der Waals surface area contributed by atoms with Gasteiger partial charge in [-0.25, -0.2) is 0 Å². The number of hydrogen-bond donors (Lipinski definition) is 1. The zero-order chi connectivity index (χ0) is 14.1. The minimum atomic E-state index is -0.442. The van der Waals surface area contributed by atoms with Gasteiger partial charge in [0.15, 0.2) is 0 Å². The fourth-order valence-electron chi connectivity index (χ4n) is 2.74. The second-order valence-corrected chi connectivity index (χ2v) is 5.86. The molecule has 2 aromatic heterocycles. The molecule has 8 heteroatoms. The van der Waals surface area contributed by atoms with E-state index in [1.165, 1.54) is 15.7 Å². The highest BCUT2D eigenvalue weighted by Gasteiger charge is 2.31. The van der Waals surface area contributed by atoms with Gasteiger partial charge < -0.3 is 20.6 Å². The maximum absolute atomic E-state index is 11.2. The lowest BCUT2D eigenvalue weighted by Gasteiger charge is -2.29. The lowest BCUT2D eigenvalue weighted by Crippen LogP contribution is -2.35. The molecule has 2 unspecified atom stereocenters. The highest BCUT2D eigenvalue weighted by molar-refractivity contribution is 7.15. The predicted molar refractivity (Wildman–Crippen MR) is 75.2 cm³/mol. The second-order valence-electron chi connectivity index (χ2n) is 4.99. The molecule has 3 rings (SSSR count). The molecule has 2 aromatic rings. The highest BCUT2D eigenvalue weighted by atomic mass is 32.1. The van der Waals surface area contributed by atoms with Gasteiger partial charge in [0.2, 0.25) is 0 Å². The van der Waals surface area contributed by atoms with Gasteiger partial charge in [0.05, 0.1) is 0 Å². The van der Waals surface area contributed by atoms with Crippen LogP contribution in [0.5, 0.6) is 5.88 Å². The number of hydrogen-bond acceptors (Lipinski definition) is 6. The van der Waals surface area contributed by atoms with Crippen molar-refractivity contribution in [3.05, 3.63) is 21.7 Å². The summed E-state index contributed by atoms with van der Waals surface area (Å²) in [5.41, 5.74) is 5.76. The Labute approximate surface area is 119 Å². The van der Waals surface area contributed by atoms with Crippen molar-refractivity contribution in [1.82, 2.24) is 9.38 Å². The van der Waals surface area contributed by atoms with Crippen molar-refractivity contribution < 1.29 is 9.66 Å². The van der Waals surface area contributed by atoms with E-state index in [0.717, 1.165) is 25.7 Å². The first-order valence-corrected chi connectivity index (χ1v) is 7.55. The molecule has 2 heterocycles. The standard InChI is InChI=1S/C12H16N4O3S/c13-7-8-3-1-2-4-9(8)19-10-11(16(17)18)15-5-6-20-12(15)14-10/h5-6,8-9H,1-4,7,13H2. The van der Waals surface area contributed by atoms with E-state index in [1.807, 2.05) is 0 Å². The fraction of sp³-hybridized carbons (Fsp3) is 0.583. The molecule has 1 fully saturated rings. The molecule has 1 saturated carbocycles. The van der Waals surface area contributed by atoms with Crippen LogP contribution in [-0.2, 0) is 0 Å². The summed E-state index contributed by atoms with van der Waals surface area (Å²) in [7, 11) is 0. The summed E-state index contributed by atoms with van der Waals surface area (Å²) in [5, 5.41) is 13.0. The molecular formula is C12H16N4O3S. The molecule has 0 spiro atoms. The number of rotatable bonds is 4. The Hall–Kier alpha value is -1.67. The van der Waals surface area contributed by atoms with Gasteiger partial charge >= 0.3 is 11.7 Å². The van der Waals surface area contributed by atoms with E-state index in [-0.39, 0.29) is 23.7 Å². The maximum Gasteiger partial charge on any atom is 0.393 e. The highest BCUT2D eigenvalue weighted by Crippen LogP contribution is 2.34. The summed E-state index contributed by atoms with van der Waals surface area (Å²) in [6, 6.07) is 0. The first kappa shape index (κ1) is 13.3. The molecule has 0 bridgehead atoms. The molecule has 1 aliphatic carbocycles. The molecule has 1 aliphatic rings. The fourth-order valence-corrected chi connectivity index (χ4v) is 3.44. The normalized spacial score (nSPS) is 23.1. The molecule has 2 atom stereocenters. The Bertz CT molecular complexity index is 623. The topological polar surface area (TPSA) is 95.7 Å². The third-order valence-corrected chi connectivity index (χ3v) is 4.54. The quantitative estimate of drug-likeness (QED) is 0.689. The predicted octanol–water partition coefficient (Wildman–Crippen LogP) is 2.20. The van der Waals surface area contributed by atoms with Gasteiger partial charge in [0, 0.05) is 11.3 Å². The van der Waals surface area contributed by atoms with E-state index in [1.54, 1.807) is 11.6 Å². The summed E-state index contributed by atoms with van der Waals surface area (Å²) in [6.07, 6.45) is 5.66. The Morgan fingerprint density at radius 1 is 1.55 bits per heavy atom. The molecule has 0 amide bonds. The van der Waals surface area contributed by atoms with Gasteiger partial charge in [-0.05, 0) is 30.7 Å². The summed E-state index contributed by atoms with van der Waals surface area (Å²) in [4.78, 5) is 15.6. The van der Waals surface area contributed by atoms with E-state index in [2.05, 4.69) is 4.98 Å². The molecule has 2 N–H and O–H groups in total. The van der Waals surface area contributed by atoms with Crippen LogP contribution in [-0.4, -0.2) is 27.0 Å². The van der Waals surface area contributed by atoms with Crippen LogP contribution in [0.2, 0.25) is 0 Å². The summed E-state index contributed by atoms with van der Waals surface area (Å²) < 4.78 is 7.31. The van der Waals surface area contributed by atoms with Gasteiger partial charge in [0.25, 0.3) is 4.96 Å². The van der Waals surface area contributed by atoms with Crippen molar-refractivity contribution >= 4 is 22.1 Å². The Morgan fingerprint density at radius 2 is 2.35 bits per heavy atom. The Balaban J connectivity index is 1.91. The summed E-state index contributed by atoms with van der Waals surface area (Å²) in [6.45, 7) is 0.542. The molecule has 0 aromatic carbocycles. The smallest absolute Gasteiger partial charge is 0.393 e. The van der Waals surface area contributed by atoms with Crippen molar-refractivity contribution in [1.29, 1.82) is 0 Å². The van der Waals surface area contributed by atoms with Crippen molar-refractivity contribution in [2.45, 2.75) is 31.8 Å². The van der Waals surface area contributed by atoms with Gasteiger partial charge in [0.1, 0.15) is 12.3 Å². The Kier molecular flexibility index (Phi) is 3.58. The zero-order valence-electron chi connectivity index (χ0n) is 10.9. The first-order chi connectivity index (χ1) is 9.70. The van der Waals surface area contributed by atoms with Crippen LogP contribution in [0, 0.1) is 16.0 Å². The molecule has 0 aliphatic heterocycles. The molecule has 108 valence electrons. The van der Waals surface area contributed by atoms with Crippen molar-refractivity contribution in [3.63, 3.8) is 0 Å². The van der Waals surface area contributed by atoms with Crippen LogP contribution >= 0.6 is 11.3 Å². The van der Waals surface area contributed by atoms with Crippen LogP contribution in [0.25, 0.3) is 4.96 Å². The summed E-state index contributed by atoms with van der Waals surface area (Å²) in [5.74, 6) is 0.276. The third kappa shape index (κ3) is 2.25. The molecule has 20 heavy (non-hydrogen) atoms. The zero-order valence-corrected chi connectivity index (χ0v) is 11.7. The first-order valence-electron chi connectivity index (χ1n) is 6.67. The lowest BCUT2D eigenvalue weighted by molar-refractivity contribution is -0.391. The van der Waals surface area contributed by atoms with Gasteiger partial charge in [-0.3, -0.25) is 0 Å². The average molecular weight is 296 g/mol. The number of nitro groups is 1. The van der Waals surface area contributed by atoms with Crippen LogP contribution in [0.3, 0.4) is 0 Å². The van der Waals surface area contributed by atoms with E-state index in [4.69, 9.17) is 10.5 Å². The Morgan fingerprint density at radius 3 is 3.10 bits per heavy atom. The lowest BCUT2D eigenvalue weighted by atomic mass is 9.86. The minimum absolute atomic E-state index is 0.0722. The van der Waals surface area contributed by atoms with Gasteiger partial charge in [-0.1, -0.05) is 17.8 Å². The molecular weight excluding hydrogens is 280 g/mol. The SMILES string of the molecule is NCC1CCCCC1Oc1nc2sccn2c1[N+](=O)[O-]. The van der Waals surface area contributed by atoms with Crippen molar-refractivity contribution in [3.8, 4) is 5.88 Å². The summed E-state index contributed by atoms with van der Waals surface area (Å²) >= 11 is 1.35. The monoisotopic (exact) mass is 296 g/mol. The van der Waals surface area contributed by atoms with Gasteiger partial charge in [-0.15, -0.1) is 0 Å². The van der Waals surface area contributed by atoms with Crippen LogP contribution in [0.1, 0.15) is 25.7 Å². The van der Waals surface area contributed by atoms with Crippen LogP contribution in [0.4, 0.5) is 5.82 Å². The van der Waals surface area contributed by atoms with E-state index >= 15 is 0 Å². The minimum Gasteiger partial charge on any atom is -0.468 e. The van der Waals surface area contributed by atoms with E-state index in [0.29, 0.717) is 11.5 Å². The number of fused-ring (bicyclic) bond motifs is 1. The van der Waals surface area contributed by atoms with Gasteiger partial charge in [-0.2, -0.15) is 9.38 Å². The molecule has 7 nitrogen and oxygen atoms in total. The van der Waals surface area contributed by atoms with Crippen molar-refractivity contribution in [2.24, 2.45) is 11.7 Å². The van der Waals surface area contributed by atoms with Crippen LogP contribution in [0.15, 0.2) is 11.6 Å². The largest absolute Gasteiger partial charge is 0.468 e. The third-order valence-electron chi connectivity index (χ3n) is 3.78.